The fraction of sp³-hybridized carbons (Fsp3) is 0.857. The number of nitrogens with one attached hydrogen (secondary N) is 2. The molecule has 0 aliphatic heterocycles. The van der Waals surface area contributed by atoms with E-state index in [4.69, 9.17) is 9.47 Å². The molecule has 20 heavy (non-hydrogen) atoms. The minimum atomic E-state index is -0.134. The van der Waals surface area contributed by atoms with Crippen molar-refractivity contribution in [3.8, 4) is 0 Å². The van der Waals surface area contributed by atoms with Gasteiger partial charge in [0.25, 0.3) is 0 Å². The standard InChI is InChI=1S/C14H28N2O4/c1-12(2)6-8-19-10-11-20-9-7-16-14(18)5-4-13(17)15-3/h12H,4-11H2,1-3H3,(H,15,17)(H,16,18). The minimum Gasteiger partial charge on any atom is -0.379 e. The third-order valence-electron chi connectivity index (χ3n) is 2.64. The number of amides is 2. The van der Waals surface area contributed by atoms with Gasteiger partial charge in [-0.25, -0.2) is 0 Å². The Morgan fingerprint density at radius 1 is 0.950 bits per heavy atom. The lowest BCUT2D eigenvalue weighted by Gasteiger charge is -2.08. The van der Waals surface area contributed by atoms with Crippen molar-refractivity contribution in [2.45, 2.75) is 33.1 Å². The molecule has 0 rings (SSSR count). The molecule has 0 aromatic rings. The zero-order valence-corrected chi connectivity index (χ0v) is 12.9. The number of ether oxygens (including phenoxy) is 2. The molecule has 0 unspecified atom stereocenters. The maximum atomic E-state index is 11.3. The quantitative estimate of drug-likeness (QED) is 0.519. The first-order valence-corrected chi connectivity index (χ1v) is 7.19. The Morgan fingerprint density at radius 3 is 2.15 bits per heavy atom. The van der Waals surface area contributed by atoms with Gasteiger partial charge in [0.1, 0.15) is 0 Å². The second kappa shape index (κ2) is 12.9. The topological polar surface area (TPSA) is 76.7 Å². The first-order valence-electron chi connectivity index (χ1n) is 7.19. The summed E-state index contributed by atoms with van der Waals surface area (Å²) in [6, 6.07) is 0. The maximum absolute atomic E-state index is 11.3. The van der Waals surface area contributed by atoms with Crippen LogP contribution in [0.1, 0.15) is 33.1 Å². The summed E-state index contributed by atoms with van der Waals surface area (Å²) in [6.45, 7) is 7.11. The molecule has 0 bridgehead atoms. The molecule has 0 heterocycles. The van der Waals surface area contributed by atoms with Gasteiger partial charge in [0.2, 0.25) is 11.8 Å². The average molecular weight is 288 g/mol. The Bertz CT molecular complexity index is 270. The molecule has 0 spiro atoms. The molecular weight excluding hydrogens is 260 g/mol. The molecule has 0 aliphatic rings. The molecule has 0 aliphatic carbocycles. The highest BCUT2D eigenvalue weighted by Gasteiger charge is 2.04. The van der Waals surface area contributed by atoms with Crippen LogP contribution in [0.4, 0.5) is 0 Å². The smallest absolute Gasteiger partial charge is 0.220 e. The van der Waals surface area contributed by atoms with Crippen LogP contribution in [0.5, 0.6) is 0 Å². The van der Waals surface area contributed by atoms with Crippen molar-refractivity contribution in [3.63, 3.8) is 0 Å². The maximum Gasteiger partial charge on any atom is 0.220 e. The van der Waals surface area contributed by atoms with E-state index < -0.39 is 0 Å². The van der Waals surface area contributed by atoms with Crippen LogP contribution < -0.4 is 10.6 Å². The summed E-state index contributed by atoms with van der Waals surface area (Å²) in [6.07, 6.45) is 1.48. The highest BCUT2D eigenvalue weighted by Crippen LogP contribution is 1.98. The van der Waals surface area contributed by atoms with Crippen molar-refractivity contribution >= 4 is 11.8 Å². The van der Waals surface area contributed by atoms with Crippen molar-refractivity contribution in [1.82, 2.24) is 10.6 Å². The zero-order valence-electron chi connectivity index (χ0n) is 12.9. The van der Waals surface area contributed by atoms with Crippen molar-refractivity contribution < 1.29 is 19.1 Å². The van der Waals surface area contributed by atoms with E-state index in [-0.39, 0.29) is 24.7 Å². The normalized spacial score (nSPS) is 10.6. The van der Waals surface area contributed by atoms with Gasteiger partial charge in [-0.3, -0.25) is 9.59 Å². The summed E-state index contributed by atoms with van der Waals surface area (Å²) >= 11 is 0. The summed E-state index contributed by atoms with van der Waals surface area (Å²) in [5.74, 6) is 0.390. The zero-order chi connectivity index (χ0) is 15.2. The van der Waals surface area contributed by atoms with Crippen molar-refractivity contribution in [3.05, 3.63) is 0 Å². The summed E-state index contributed by atoms with van der Waals surface area (Å²) < 4.78 is 10.7. The SMILES string of the molecule is CNC(=O)CCC(=O)NCCOCCOCCC(C)C. The monoisotopic (exact) mass is 288 g/mol. The minimum absolute atomic E-state index is 0.130. The van der Waals surface area contributed by atoms with Gasteiger partial charge in [-0.05, 0) is 12.3 Å². The van der Waals surface area contributed by atoms with Crippen molar-refractivity contribution in [2.75, 3.05) is 40.0 Å². The first-order chi connectivity index (χ1) is 9.56. The van der Waals surface area contributed by atoms with Crippen LogP contribution in [-0.2, 0) is 19.1 Å². The Balaban J connectivity index is 3.23. The number of carbonyl (C=O) groups is 2. The highest BCUT2D eigenvalue weighted by atomic mass is 16.5. The summed E-state index contributed by atoms with van der Waals surface area (Å²) in [5, 5.41) is 5.16. The molecule has 0 atom stereocenters. The summed E-state index contributed by atoms with van der Waals surface area (Å²) in [7, 11) is 1.55. The molecule has 0 saturated heterocycles. The van der Waals surface area contributed by atoms with Gasteiger partial charge in [-0.15, -0.1) is 0 Å². The molecule has 118 valence electrons. The Kier molecular flexibility index (Phi) is 12.1. The second-order valence-corrected chi connectivity index (χ2v) is 4.93. The molecule has 0 radical (unpaired) electrons. The largest absolute Gasteiger partial charge is 0.379 e. The van der Waals surface area contributed by atoms with E-state index in [1.54, 1.807) is 7.05 Å². The molecule has 2 amide bonds. The first kappa shape index (κ1) is 18.9. The Morgan fingerprint density at radius 2 is 1.55 bits per heavy atom. The van der Waals surface area contributed by atoms with Crippen molar-refractivity contribution in [2.24, 2.45) is 5.92 Å². The Hall–Kier alpha value is -1.14. The summed E-state index contributed by atoms with van der Waals surface area (Å²) in [5.41, 5.74) is 0. The molecular formula is C14H28N2O4. The number of hydrogen-bond donors (Lipinski definition) is 2. The van der Waals surface area contributed by atoms with Gasteiger partial charge in [0.05, 0.1) is 19.8 Å². The Labute approximate surface area is 121 Å². The van der Waals surface area contributed by atoms with E-state index in [1.165, 1.54) is 0 Å². The molecule has 6 nitrogen and oxygen atoms in total. The highest BCUT2D eigenvalue weighted by molar-refractivity contribution is 5.83. The predicted molar refractivity (Wildman–Crippen MR) is 77.4 cm³/mol. The van der Waals surface area contributed by atoms with Crippen LogP contribution in [0.2, 0.25) is 0 Å². The number of hydrogen-bond acceptors (Lipinski definition) is 4. The average Bonchev–Trinajstić information content (AvgIpc) is 2.42. The van der Waals surface area contributed by atoms with E-state index in [2.05, 4.69) is 24.5 Å². The molecule has 0 aromatic carbocycles. The van der Waals surface area contributed by atoms with Crippen LogP contribution >= 0.6 is 0 Å². The molecule has 0 saturated carbocycles. The van der Waals surface area contributed by atoms with Crippen LogP contribution in [0.15, 0.2) is 0 Å². The summed E-state index contributed by atoms with van der Waals surface area (Å²) in [4.78, 5) is 22.3. The van der Waals surface area contributed by atoms with Crippen LogP contribution in [0.3, 0.4) is 0 Å². The van der Waals surface area contributed by atoms with E-state index in [1.807, 2.05) is 0 Å². The van der Waals surface area contributed by atoms with Crippen molar-refractivity contribution in [1.29, 1.82) is 0 Å². The lowest BCUT2D eigenvalue weighted by molar-refractivity contribution is -0.126. The number of rotatable bonds is 12. The second-order valence-electron chi connectivity index (χ2n) is 4.93. The van der Waals surface area contributed by atoms with Gasteiger partial charge < -0.3 is 20.1 Å². The number of carbonyl (C=O) groups excluding carboxylic acids is 2. The molecule has 0 fully saturated rings. The van der Waals surface area contributed by atoms with Gasteiger partial charge in [-0.2, -0.15) is 0 Å². The van der Waals surface area contributed by atoms with E-state index >= 15 is 0 Å². The van der Waals surface area contributed by atoms with E-state index in [0.717, 1.165) is 13.0 Å². The third-order valence-corrected chi connectivity index (χ3v) is 2.64. The van der Waals surface area contributed by atoms with Crippen LogP contribution in [0.25, 0.3) is 0 Å². The van der Waals surface area contributed by atoms with Gasteiger partial charge in [0, 0.05) is 33.0 Å². The van der Waals surface area contributed by atoms with Crippen LogP contribution in [-0.4, -0.2) is 51.8 Å². The molecule has 2 N–H and O–H groups in total. The van der Waals surface area contributed by atoms with Gasteiger partial charge in [0.15, 0.2) is 0 Å². The lowest BCUT2D eigenvalue weighted by Crippen LogP contribution is -2.29. The van der Waals surface area contributed by atoms with Crippen LogP contribution in [0, 0.1) is 5.92 Å². The predicted octanol–water partition coefficient (Wildman–Crippen LogP) is 0.708. The van der Waals surface area contributed by atoms with E-state index in [0.29, 0.717) is 32.3 Å². The van der Waals surface area contributed by atoms with Gasteiger partial charge >= 0.3 is 0 Å². The third kappa shape index (κ3) is 13.3. The fourth-order valence-corrected chi connectivity index (χ4v) is 1.34. The fourth-order valence-electron chi connectivity index (χ4n) is 1.34. The molecule has 6 heteroatoms. The van der Waals surface area contributed by atoms with Gasteiger partial charge in [-0.1, -0.05) is 13.8 Å². The lowest BCUT2D eigenvalue weighted by atomic mass is 10.1. The van der Waals surface area contributed by atoms with E-state index in [9.17, 15) is 9.59 Å². The molecule has 0 aromatic heterocycles.